The highest BCUT2D eigenvalue weighted by Gasteiger charge is 2.33. The van der Waals surface area contributed by atoms with Crippen molar-refractivity contribution < 1.29 is 14.0 Å². The number of hydrogen-bond acceptors (Lipinski definition) is 2. The summed E-state index contributed by atoms with van der Waals surface area (Å²) < 4.78 is 13.7. The second-order valence-corrected chi connectivity index (χ2v) is 5.46. The van der Waals surface area contributed by atoms with Crippen LogP contribution in [-0.2, 0) is 11.3 Å². The van der Waals surface area contributed by atoms with Crippen LogP contribution in [0.3, 0.4) is 0 Å². The number of benzene rings is 2. The molecule has 0 bridgehead atoms. The molecule has 2 aromatic rings. The summed E-state index contributed by atoms with van der Waals surface area (Å²) >= 11 is 5.81. The van der Waals surface area contributed by atoms with Gasteiger partial charge in [-0.25, -0.2) is 9.18 Å². The van der Waals surface area contributed by atoms with Crippen molar-refractivity contribution in [3.8, 4) is 0 Å². The molecule has 116 valence electrons. The predicted molar refractivity (Wildman–Crippen MR) is 84.9 cm³/mol. The van der Waals surface area contributed by atoms with E-state index in [-0.39, 0.29) is 17.8 Å². The van der Waals surface area contributed by atoms with E-state index in [1.54, 1.807) is 42.5 Å². The van der Waals surface area contributed by atoms with E-state index < -0.39 is 17.8 Å². The van der Waals surface area contributed by atoms with Gasteiger partial charge in [0, 0.05) is 10.6 Å². The van der Waals surface area contributed by atoms with Gasteiger partial charge in [-0.05, 0) is 29.8 Å². The van der Waals surface area contributed by atoms with E-state index in [0.29, 0.717) is 5.02 Å². The van der Waals surface area contributed by atoms with Gasteiger partial charge >= 0.3 is 6.03 Å². The van der Waals surface area contributed by atoms with E-state index in [9.17, 15) is 14.0 Å². The molecular formula is C17H12ClFN2O2. The van der Waals surface area contributed by atoms with Crippen LogP contribution in [-0.4, -0.2) is 16.8 Å². The summed E-state index contributed by atoms with van der Waals surface area (Å²) in [6, 6.07) is 12.3. The number of halogens is 2. The molecule has 0 unspecified atom stereocenters. The molecule has 0 saturated carbocycles. The van der Waals surface area contributed by atoms with Crippen LogP contribution in [0.15, 0.2) is 54.2 Å². The zero-order chi connectivity index (χ0) is 16.4. The van der Waals surface area contributed by atoms with Gasteiger partial charge in [-0.1, -0.05) is 41.9 Å². The third-order valence-electron chi connectivity index (χ3n) is 3.43. The molecule has 1 heterocycles. The van der Waals surface area contributed by atoms with Crippen LogP contribution >= 0.6 is 11.6 Å². The number of rotatable bonds is 3. The minimum absolute atomic E-state index is 0.116. The summed E-state index contributed by atoms with van der Waals surface area (Å²) in [5.41, 5.74) is 1.16. The lowest BCUT2D eigenvalue weighted by atomic mass is 10.2. The van der Waals surface area contributed by atoms with Crippen molar-refractivity contribution in [2.24, 2.45) is 0 Å². The summed E-state index contributed by atoms with van der Waals surface area (Å²) in [6.45, 7) is -0.116. The van der Waals surface area contributed by atoms with Gasteiger partial charge in [0.25, 0.3) is 5.91 Å². The molecule has 0 aliphatic carbocycles. The fourth-order valence-corrected chi connectivity index (χ4v) is 2.36. The van der Waals surface area contributed by atoms with E-state index in [4.69, 9.17) is 11.6 Å². The number of carbonyl (C=O) groups excluding carboxylic acids is 2. The number of carbonyl (C=O) groups is 2. The first-order chi connectivity index (χ1) is 11.0. The first-order valence-electron chi connectivity index (χ1n) is 6.88. The smallest absolute Gasteiger partial charge is 0.303 e. The lowest BCUT2D eigenvalue weighted by Gasteiger charge is -2.12. The SMILES string of the molecule is O=C1NC(=Cc2ccc(Cl)cc2)C(=O)N1Cc1ccccc1F. The number of nitrogens with zero attached hydrogens (tertiary/aromatic N) is 1. The van der Waals surface area contributed by atoms with E-state index in [0.717, 1.165) is 10.5 Å². The van der Waals surface area contributed by atoms with Crippen molar-refractivity contribution in [3.63, 3.8) is 0 Å². The predicted octanol–water partition coefficient (Wildman–Crippen LogP) is 3.57. The number of urea groups is 1. The van der Waals surface area contributed by atoms with Crippen molar-refractivity contribution in [1.29, 1.82) is 0 Å². The Hall–Kier alpha value is -2.66. The Morgan fingerprint density at radius 3 is 2.48 bits per heavy atom. The third-order valence-corrected chi connectivity index (χ3v) is 3.68. The van der Waals surface area contributed by atoms with Crippen LogP contribution in [0.25, 0.3) is 6.08 Å². The maximum absolute atomic E-state index is 13.7. The zero-order valence-corrected chi connectivity index (χ0v) is 12.7. The number of hydrogen-bond donors (Lipinski definition) is 1. The molecule has 3 rings (SSSR count). The Labute approximate surface area is 137 Å². The van der Waals surface area contributed by atoms with Crippen molar-refractivity contribution in [3.05, 3.63) is 76.2 Å². The van der Waals surface area contributed by atoms with Crippen molar-refractivity contribution in [1.82, 2.24) is 10.2 Å². The molecule has 23 heavy (non-hydrogen) atoms. The fourth-order valence-electron chi connectivity index (χ4n) is 2.24. The van der Waals surface area contributed by atoms with E-state index in [2.05, 4.69) is 5.32 Å². The van der Waals surface area contributed by atoms with Crippen LogP contribution in [0.1, 0.15) is 11.1 Å². The van der Waals surface area contributed by atoms with Gasteiger partial charge in [0.2, 0.25) is 0 Å². The number of imide groups is 1. The quantitative estimate of drug-likeness (QED) is 0.691. The minimum Gasteiger partial charge on any atom is -0.303 e. The second-order valence-electron chi connectivity index (χ2n) is 5.02. The normalized spacial score (nSPS) is 16.1. The maximum atomic E-state index is 13.7. The molecule has 3 amide bonds. The molecule has 1 saturated heterocycles. The largest absolute Gasteiger partial charge is 0.329 e. The van der Waals surface area contributed by atoms with E-state index in [1.807, 2.05) is 0 Å². The van der Waals surface area contributed by atoms with Crippen molar-refractivity contribution >= 4 is 29.6 Å². The van der Waals surface area contributed by atoms with Gasteiger partial charge in [0.1, 0.15) is 11.5 Å². The molecule has 6 heteroatoms. The summed E-state index contributed by atoms with van der Waals surface area (Å²) in [5, 5.41) is 3.08. The summed E-state index contributed by atoms with van der Waals surface area (Å²) in [4.78, 5) is 25.3. The van der Waals surface area contributed by atoms with E-state index in [1.165, 1.54) is 12.1 Å². The topological polar surface area (TPSA) is 49.4 Å². The molecule has 2 aromatic carbocycles. The molecule has 1 N–H and O–H groups in total. The highest BCUT2D eigenvalue weighted by Crippen LogP contribution is 2.19. The van der Waals surface area contributed by atoms with Gasteiger partial charge in [-0.15, -0.1) is 0 Å². The van der Waals surface area contributed by atoms with Gasteiger partial charge < -0.3 is 5.32 Å². The lowest BCUT2D eigenvalue weighted by molar-refractivity contribution is -0.123. The lowest BCUT2D eigenvalue weighted by Crippen LogP contribution is -2.30. The van der Waals surface area contributed by atoms with Gasteiger partial charge in [0.05, 0.1) is 6.54 Å². The molecule has 0 aromatic heterocycles. The zero-order valence-electron chi connectivity index (χ0n) is 11.9. The highest BCUT2D eigenvalue weighted by molar-refractivity contribution is 6.30. The number of nitrogens with one attached hydrogen (secondary N) is 1. The molecule has 4 nitrogen and oxygen atoms in total. The second kappa shape index (κ2) is 6.22. The fraction of sp³-hybridized carbons (Fsp3) is 0.0588. The standard InChI is InChI=1S/C17H12ClFN2O2/c18-13-7-5-11(6-8-13)9-15-16(22)21(17(23)20-15)10-12-3-1-2-4-14(12)19/h1-9H,10H2,(H,20,23). The van der Waals surface area contributed by atoms with Crippen molar-refractivity contribution in [2.45, 2.75) is 6.54 Å². The Morgan fingerprint density at radius 2 is 1.78 bits per heavy atom. The molecule has 0 atom stereocenters. The van der Waals surface area contributed by atoms with Crippen LogP contribution in [0.2, 0.25) is 5.02 Å². The third kappa shape index (κ3) is 3.24. The average Bonchev–Trinajstić information content (AvgIpc) is 2.79. The van der Waals surface area contributed by atoms with Crippen LogP contribution in [0, 0.1) is 5.82 Å². The van der Waals surface area contributed by atoms with Crippen LogP contribution in [0.5, 0.6) is 0 Å². The molecule has 1 aliphatic heterocycles. The van der Waals surface area contributed by atoms with E-state index >= 15 is 0 Å². The van der Waals surface area contributed by atoms with Gasteiger partial charge in [-0.2, -0.15) is 0 Å². The summed E-state index contributed by atoms with van der Waals surface area (Å²) in [6.07, 6.45) is 1.55. The summed E-state index contributed by atoms with van der Waals surface area (Å²) in [5.74, 6) is -0.948. The first-order valence-corrected chi connectivity index (χ1v) is 7.26. The Bertz CT molecular complexity index is 802. The van der Waals surface area contributed by atoms with Gasteiger partial charge in [-0.3, -0.25) is 9.69 Å². The van der Waals surface area contributed by atoms with Crippen molar-refractivity contribution in [2.75, 3.05) is 0 Å². The van der Waals surface area contributed by atoms with Crippen LogP contribution < -0.4 is 5.32 Å². The highest BCUT2D eigenvalue weighted by atomic mass is 35.5. The Kier molecular flexibility index (Phi) is 4.12. The number of amides is 3. The Morgan fingerprint density at radius 1 is 1.09 bits per heavy atom. The van der Waals surface area contributed by atoms with Gasteiger partial charge in [0.15, 0.2) is 0 Å². The average molecular weight is 331 g/mol. The molecule has 0 radical (unpaired) electrons. The monoisotopic (exact) mass is 330 g/mol. The first kappa shape index (κ1) is 15.2. The van der Waals surface area contributed by atoms with Crippen LogP contribution in [0.4, 0.5) is 9.18 Å². The molecular weight excluding hydrogens is 319 g/mol. The summed E-state index contributed by atoms with van der Waals surface area (Å²) in [7, 11) is 0. The molecule has 0 spiro atoms. The molecule has 1 aliphatic rings. The minimum atomic E-state index is -0.571. The Balaban J connectivity index is 1.82. The molecule has 1 fully saturated rings. The maximum Gasteiger partial charge on any atom is 0.329 e.